The molecule has 1 N–H and O–H groups in total. The second-order valence-electron chi connectivity index (χ2n) is 8.79. The largest absolute Gasteiger partial charge is 0.483 e. The number of hydrogen-bond donors (Lipinski definition) is 1. The summed E-state index contributed by atoms with van der Waals surface area (Å²) in [4.78, 5) is 39.7. The number of aryl methyl sites for hydroxylation is 1. The number of aromatic nitrogens is 3. The van der Waals surface area contributed by atoms with Crippen molar-refractivity contribution in [2.75, 3.05) is 32.3 Å². The van der Waals surface area contributed by atoms with E-state index in [1.54, 1.807) is 27.1 Å². The van der Waals surface area contributed by atoms with Crippen molar-refractivity contribution in [3.8, 4) is 5.75 Å². The van der Waals surface area contributed by atoms with Crippen LogP contribution >= 0.6 is 23.1 Å². The van der Waals surface area contributed by atoms with Crippen LogP contribution in [0.25, 0.3) is 0 Å². The van der Waals surface area contributed by atoms with Gasteiger partial charge in [-0.15, -0.1) is 28.1 Å². The highest BCUT2D eigenvalue weighted by Crippen LogP contribution is 2.34. The van der Waals surface area contributed by atoms with E-state index in [0.717, 1.165) is 23.5 Å². The van der Waals surface area contributed by atoms with Crippen molar-refractivity contribution in [1.29, 1.82) is 0 Å². The molecule has 3 aromatic rings. The molecule has 12 heteroatoms. The Labute approximate surface area is 236 Å². The van der Waals surface area contributed by atoms with E-state index in [1.807, 2.05) is 35.8 Å². The van der Waals surface area contributed by atoms with Crippen LogP contribution in [0, 0.1) is 6.92 Å². The fourth-order valence-electron chi connectivity index (χ4n) is 3.72. The number of thiophene rings is 1. The topological polar surface area (TPSA) is 116 Å². The highest BCUT2D eigenvalue weighted by atomic mass is 32.2. The zero-order valence-corrected chi connectivity index (χ0v) is 24.6. The minimum Gasteiger partial charge on any atom is -0.483 e. The van der Waals surface area contributed by atoms with Gasteiger partial charge in [0.15, 0.2) is 17.1 Å². The monoisotopic (exact) mass is 571 g/mol. The third-order valence-electron chi connectivity index (χ3n) is 5.79. The molecule has 1 atom stereocenters. The van der Waals surface area contributed by atoms with Crippen LogP contribution in [0.1, 0.15) is 56.9 Å². The molecule has 0 fully saturated rings. The summed E-state index contributed by atoms with van der Waals surface area (Å²) in [7, 11) is 4.49. The summed E-state index contributed by atoms with van der Waals surface area (Å²) in [5, 5.41) is 12.1. The minimum atomic E-state index is -0.627. The first-order chi connectivity index (χ1) is 18.6. The summed E-state index contributed by atoms with van der Waals surface area (Å²) >= 11 is 2.24. The number of allylic oxidation sites excluding steroid dienone is 1. The van der Waals surface area contributed by atoms with Crippen LogP contribution in [-0.4, -0.2) is 64.4 Å². The van der Waals surface area contributed by atoms with E-state index in [0.29, 0.717) is 28.0 Å². The second-order valence-corrected chi connectivity index (χ2v) is 10.7. The maximum Gasteiger partial charge on any atom is 0.341 e. The van der Waals surface area contributed by atoms with Gasteiger partial charge in [0, 0.05) is 20.6 Å². The molecule has 0 aliphatic carbocycles. The van der Waals surface area contributed by atoms with E-state index < -0.39 is 12.1 Å². The predicted octanol–water partition coefficient (Wildman–Crippen LogP) is 4.76. The van der Waals surface area contributed by atoms with Crippen molar-refractivity contribution >= 4 is 45.9 Å². The van der Waals surface area contributed by atoms with E-state index >= 15 is 0 Å². The van der Waals surface area contributed by atoms with Crippen molar-refractivity contribution in [1.82, 2.24) is 19.7 Å². The van der Waals surface area contributed by atoms with E-state index in [1.165, 1.54) is 29.3 Å². The quantitative estimate of drug-likeness (QED) is 0.188. The lowest BCUT2D eigenvalue weighted by Crippen LogP contribution is -2.21. The summed E-state index contributed by atoms with van der Waals surface area (Å²) in [5.41, 5.74) is 1.85. The Morgan fingerprint density at radius 1 is 1.23 bits per heavy atom. The van der Waals surface area contributed by atoms with Crippen LogP contribution in [0.4, 0.5) is 5.00 Å². The predicted molar refractivity (Wildman–Crippen MR) is 153 cm³/mol. The molecular formula is C27H33N5O5S2. The fourth-order valence-corrected chi connectivity index (χ4v) is 5.71. The maximum atomic E-state index is 12.9. The number of amides is 2. The lowest BCUT2D eigenvalue weighted by molar-refractivity contribution is -0.113. The zero-order valence-electron chi connectivity index (χ0n) is 22.9. The number of benzene rings is 1. The van der Waals surface area contributed by atoms with Gasteiger partial charge < -0.3 is 19.7 Å². The standard InChI is InChI=1S/C27H33N5O5S2/c1-8-14-32-23(17(4)37-19-12-10-18(9-2)11-13-19)29-30-27(32)38-15-20(33)28-24-21(26(35)36-7)16(3)22(39-24)25(34)31(5)6/h8,10-13,17H,1,9,14-15H2,2-7H3,(H,28,33)/t17-/m1/s1. The third kappa shape index (κ3) is 7.07. The summed E-state index contributed by atoms with van der Waals surface area (Å²) in [6, 6.07) is 7.90. The molecule has 10 nitrogen and oxygen atoms in total. The number of nitrogens with zero attached hydrogens (tertiary/aromatic N) is 4. The number of nitrogens with one attached hydrogen (secondary N) is 1. The lowest BCUT2D eigenvalue weighted by atomic mass is 10.1. The minimum absolute atomic E-state index is 0.00247. The van der Waals surface area contributed by atoms with Crippen molar-refractivity contribution in [3.05, 3.63) is 64.3 Å². The number of methoxy groups -OCH3 is 1. The molecule has 0 radical (unpaired) electrons. The van der Waals surface area contributed by atoms with E-state index in [4.69, 9.17) is 9.47 Å². The number of carbonyl (C=O) groups excluding carboxylic acids is 3. The molecule has 0 saturated carbocycles. The smallest absolute Gasteiger partial charge is 0.341 e. The number of rotatable bonds is 12. The van der Waals surface area contributed by atoms with E-state index in [2.05, 4.69) is 29.0 Å². The number of carbonyl (C=O) groups is 3. The average molecular weight is 572 g/mol. The van der Waals surface area contributed by atoms with Crippen LogP contribution in [0.3, 0.4) is 0 Å². The number of thioether (sulfide) groups is 1. The van der Waals surface area contributed by atoms with Gasteiger partial charge in [0.25, 0.3) is 5.91 Å². The molecule has 1 aromatic carbocycles. The summed E-state index contributed by atoms with van der Waals surface area (Å²) in [5.74, 6) is 0.0633. The molecule has 208 valence electrons. The molecule has 2 heterocycles. The van der Waals surface area contributed by atoms with Crippen molar-refractivity contribution in [3.63, 3.8) is 0 Å². The Morgan fingerprint density at radius 2 is 1.92 bits per heavy atom. The van der Waals surface area contributed by atoms with Gasteiger partial charge in [0.1, 0.15) is 10.8 Å². The molecule has 0 aliphatic rings. The second kappa shape index (κ2) is 13.4. The van der Waals surface area contributed by atoms with Gasteiger partial charge in [0.05, 0.1) is 23.3 Å². The van der Waals surface area contributed by atoms with Gasteiger partial charge >= 0.3 is 5.97 Å². The fraction of sp³-hybridized carbons (Fsp3) is 0.370. The molecule has 0 spiro atoms. The molecule has 3 rings (SSSR count). The molecule has 0 bridgehead atoms. The van der Waals surface area contributed by atoms with Gasteiger partial charge in [-0.1, -0.05) is 36.9 Å². The molecule has 2 aromatic heterocycles. The zero-order chi connectivity index (χ0) is 28.7. The van der Waals surface area contributed by atoms with Gasteiger partial charge in [-0.3, -0.25) is 14.2 Å². The highest BCUT2D eigenvalue weighted by Gasteiger charge is 2.27. The van der Waals surface area contributed by atoms with Gasteiger partial charge in [0.2, 0.25) is 5.91 Å². The first-order valence-electron chi connectivity index (χ1n) is 12.3. The normalized spacial score (nSPS) is 11.5. The summed E-state index contributed by atoms with van der Waals surface area (Å²) in [6.07, 6.45) is 2.28. The highest BCUT2D eigenvalue weighted by molar-refractivity contribution is 7.99. The molecular weight excluding hydrogens is 538 g/mol. The summed E-state index contributed by atoms with van der Waals surface area (Å²) < 4.78 is 12.8. The van der Waals surface area contributed by atoms with E-state index in [9.17, 15) is 14.4 Å². The summed E-state index contributed by atoms with van der Waals surface area (Å²) in [6.45, 7) is 9.90. The van der Waals surface area contributed by atoms with Crippen LogP contribution in [-0.2, 0) is 22.5 Å². The molecule has 2 amide bonds. The number of ether oxygens (including phenoxy) is 2. The Kier molecular flexibility index (Phi) is 10.3. The van der Waals surface area contributed by atoms with Crippen molar-refractivity contribution in [2.24, 2.45) is 0 Å². The van der Waals surface area contributed by atoms with Crippen molar-refractivity contribution in [2.45, 2.75) is 45.0 Å². The first kappa shape index (κ1) is 29.9. The van der Waals surface area contributed by atoms with Crippen LogP contribution in [0.5, 0.6) is 5.75 Å². The van der Waals surface area contributed by atoms with Gasteiger partial charge in [-0.05, 0) is 43.5 Å². The Balaban J connectivity index is 1.74. The Hall–Kier alpha value is -3.64. The van der Waals surface area contributed by atoms with E-state index in [-0.39, 0.29) is 28.1 Å². The maximum absolute atomic E-state index is 12.9. The number of esters is 1. The molecule has 0 unspecified atom stereocenters. The SMILES string of the molecule is C=CCn1c(SCC(=O)Nc2sc(C(=O)N(C)C)c(C)c2C(=O)OC)nnc1[C@@H](C)Oc1ccc(CC)cc1. The van der Waals surface area contributed by atoms with Crippen LogP contribution < -0.4 is 10.1 Å². The van der Waals surface area contributed by atoms with Crippen molar-refractivity contribution < 1.29 is 23.9 Å². The molecule has 39 heavy (non-hydrogen) atoms. The Morgan fingerprint density at radius 3 is 2.51 bits per heavy atom. The lowest BCUT2D eigenvalue weighted by Gasteiger charge is -2.16. The molecule has 0 aliphatic heterocycles. The third-order valence-corrected chi connectivity index (χ3v) is 7.95. The van der Waals surface area contributed by atoms with Crippen LogP contribution in [0.2, 0.25) is 0 Å². The Bertz CT molecular complexity index is 1350. The van der Waals surface area contributed by atoms with Gasteiger partial charge in [-0.2, -0.15) is 0 Å². The number of anilines is 1. The van der Waals surface area contributed by atoms with Crippen LogP contribution in [0.15, 0.2) is 42.1 Å². The average Bonchev–Trinajstić information content (AvgIpc) is 3.47. The van der Waals surface area contributed by atoms with Gasteiger partial charge in [-0.25, -0.2) is 4.79 Å². The first-order valence-corrected chi connectivity index (χ1v) is 14.1. The molecule has 0 saturated heterocycles. The number of hydrogen-bond acceptors (Lipinski definition) is 9.